The van der Waals surface area contributed by atoms with Crippen LogP contribution in [0.4, 0.5) is 5.69 Å². The number of ether oxygens (including phenoxy) is 1. The maximum Gasteiger partial charge on any atom is 0.266 e. The van der Waals surface area contributed by atoms with Crippen LogP contribution in [0.2, 0.25) is 0 Å². The van der Waals surface area contributed by atoms with E-state index in [1.165, 1.54) is 49.0 Å². The quantitative estimate of drug-likeness (QED) is 0.699. The fourth-order valence-electron chi connectivity index (χ4n) is 7.11. The standard InChI is InChI=1S/C25H25NO3/c1-29-22-7-6-18(26-23(27)19-4-2-3-5-20(19)24(26)28)11-21(22)25-12-15-8-16(13-25)10-17(9-15)14-25/h2-7,11,15-17H,8-10,12-14H2,1H3. The molecule has 4 fully saturated rings. The number of imide groups is 1. The van der Waals surface area contributed by atoms with E-state index in [-0.39, 0.29) is 17.2 Å². The molecule has 4 bridgehead atoms. The highest BCUT2D eigenvalue weighted by Gasteiger charge is 2.52. The van der Waals surface area contributed by atoms with E-state index in [0.717, 1.165) is 23.5 Å². The minimum Gasteiger partial charge on any atom is -0.496 e. The van der Waals surface area contributed by atoms with Gasteiger partial charge in [-0.25, -0.2) is 4.90 Å². The molecule has 1 aliphatic heterocycles. The van der Waals surface area contributed by atoms with Gasteiger partial charge < -0.3 is 4.74 Å². The summed E-state index contributed by atoms with van der Waals surface area (Å²) in [6.45, 7) is 0. The summed E-state index contributed by atoms with van der Waals surface area (Å²) >= 11 is 0. The van der Waals surface area contributed by atoms with E-state index in [0.29, 0.717) is 16.8 Å². The van der Waals surface area contributed by atoms with Crippen LogP contribution < -0.4 is 9.64 Å². The zero-order chi connectivity index (χ0) is 19.8. The number of amides is 2. The third-order valence-electron chi connectivity index (χ3n) is 7.84. The number of methoxy groups -OCH3 is 1. The van der Waals surface area contributed by atoms with Gasteiger partial charge in [-0.3, -0.25) is 9.59 Å². The molecule has 7 rings (SSSR count). The van der Waals surface area contributed by atoms with Gasteiger partial charge in [-0.1, -0.05) is 12.1 Å². The van der Waals surface area contributed by atoms with E-state index in [2.05, 4.69) is 6.07 Å². The molecule has 4 heteroatoms. The van der Waals surface area contributed by atoms with E-state index >= 15 is 0 Å². The molecule has 4 nitrogen and oxygen atoms in total. The normalized spacial score (nSPS) is 32.0. The number of fused-ring (bicyclic) bond motifs is 1. The maximum atomic E-state index is 13.0. The molecule has 2 aromatic rings. The van der Waals surface area contributed by atoms with E-state index in [1.54, 1.807) is 19.2 Å². The molecule has 0 radical (unpaired) electrons. The predicted octanol–water partition coefficient (Wildman–Crippen LogP) is 4.96. The van der Waals surface area contributed by atoms with Gasteiger partial charge >= 0.3 is 0 Å². The van der Waals surface area contributed by atoms with Gasteiger partial charge in [0.1, 0.15) is 5.75 Å². The molecule has 0 aromatic heterocycles. The van der Waals surface area contributed by atoms with E-state index in [4.69, 9.17) is 4.74 Å². The predicted molar refractivity (Wildman–Crippen MR) is 110 cm³/mol. The number of rotatable bonds is 3. The van der Waals surface area contributed by atoms with Crippen molar-refractivity contribution in [2.24, 2.45) is 17.8 Å². The number of benzene rings is 2. The van der Waals surface area contributed by atoms with Crippen molar-refractivity contribution in [3.63, 3.8) is 0 Å². The summed E-state index contributed by atoms with van der Waals surface area (Å²) in [6.07, 6.45) is 7.75. The summed E-state index contributed by atoms with van der Waals surface area (Å²) in [4.78, 5) is 27.3. The molecule has 148 valence electrons. The second-order valence-electron chi connectivity index (χ2n) is 9.57. The topological polar surface area (TPSA) is 46.6 Å². The van der Waals surface area contributed by atoms with Crippen molar-refractivity contribution in [2.75, 3.05) is 12.0 Å². The summed E-state index contributed by atoms with van der Waals surface area (Å²) in [6, 6.07) is 13.0. The molecule has 5 aliphatic rings. The first-order valence-electron chi connectivity index (χ1n) is 10.7. The van der Waals surface area contributed by atoms with E-state index < -0.39 is 0 Å². The minimum absolute atomic E-state index is 0.134. The number of hydrogen-bond donors (Lipinski definition) is 0. The molecule has 1 heterocycles. The smallest absolute Gasteiger partial charge is 0.266 e. The highest BCUT2D eigenvalue weighted by molar-refractivity contribution is 6.34. The van der Waals surface area contributed by atoms with Crippen LogP contribution in [0.25, 0.3) is 0 Å². The van der Waals surface area contributed by atoms with Crippen molar-refractivity contribution in [1.29, 1.82) is 0 Å². The molecule has 29 heavy (non-hydrogen) atoms. The van der Waals surface area contributed by atoms with Gasteiger partial charge in [-0.15, -0.1) is 0 Å². The lowest BCUT2D eigenvalue weighted by Crippen LogP contribution is -2.48. The first-order valence-corrected chi connectivity index (χ1v) is 10.7. The molecular weight excluding hydrogens is 362 g/mol. The first-order chi connectivity index (χ1) is 14.1. The van der Waals surface area contributed by atoms with Crippen molar-refractivity contribution in [3.05, 3.63) is 59.2 Å². The Morgan fingerprint density at radius 3 is 1.93 bits per heavy atom. The highest BCUT2D eigenvalue weighted by atomic mass is 16.5. The molecule has 0 unspecified atom stereocenters. The van der Waals surface area contributed by atoms with E-state index in [1.807, 2.05) is 24.3 Å². The van der Waals surface area contributed by atoms with Gasteiger partial charge in [0.25, 0.3) is 11.8 Å². The van der Waals surface area contributed by atoms with Gasteiger partial charge in [0, 0.05) is 5.56 Å². The van der Waals surface area contributed by atoms with Crippen LogP contribution in [0.3, 0.4) is 0 Å². The lowest BCUT2D eigenvalue weighted by Gasteiger charge is -2.57. The molecule has 2 amide bonds. The lowest BCUT2D eigenvalue weighted by molar-refractivity contribution is -0.00614. The molecule has 4 aliphatic carbocycles. The molecular formula is C25H25NO3. The van der Waals surface area contributed by atoms with Crippen LogP contribution in [0.1, 0.15) is 64.8 Å². The Morgan fingerprint density at radius 1 is 0.862 bits per heavy atom. The van der Waals surface area contributed by atoms with Crippen molar-refractivity contribution in [1.82, 2.24) is 0 Å². The van der Waals surface area contributed by atoms with Crippen molar-refractivity contribution in [2.45, 2.75) is 43.9 Å². The van der Waals surface area contributed by atoms with Crippen molar-refractivity contribution >= 4 is 17.5 Å². The van der Waals surface area contributed by atoms with Gasteiger partial charge in [-0.05, 0) is 92.0 Å². The van der Waals surface area contributed by atoms with Crippen LogP contribution >= 0.6 is 0 Å². The summed E-state index contributed by atoms with van der Waals surface area (Å²) in [7, 11) is 1.72. The Morgan fingerprint density at radius 2 is 1.41 bits per heavy atom. The van der Waals surface area contributed by atoms with Crippen LogP contribution in [-0.2, 0) is 5.41 Å². The third-order valence-corrected chi connectivity index (χ3v) is 7.84. The summed E-state index contributed by atoms with van der Waals surface area (Å²) < 4.78 is 5.78. The second-order valence-corrected chi connectivity index (χ2v) is 9.57. The Balaban J connectivity index is 1.45. The monoisotopic (exact) mass is 387 g/mol. The Bertz CT molecular complexity index is 970. The molecule has 4 saturated carbocycles. The Kier molecular flexibility index (Phi) is 3.54. The number of nitrogens with zero attached hydrogens (tertiary/aromatic N) is 1. The SMILES string of the molecule is COc1ccc(N2C(=O)c3ccccc3C2=O)cc1C12CC3CC(CC(C3)C1)C2. The van der Waals surface area contributed by atoms with E-state index in [9.17, 15) is 9.59 Å². The first kappa shape index (κ1) is 17.3. The van der Waals surface area contributed by atoms with Gasteiger partial charge in [0.2, 0.25) is 0 Å². The fourth-order valence-corrected chi connectivity index (χ4v) is 7.11. The zero-order valence-electron chi connectivity index (χ0n) is 16.7. The minimum atomic E-state index is -0.229. The molecule has 0 atom stereocenters. The van der Waals surface area contributed by atoms with Crippen molar-refractivity contribution < 1.29 is 14.3 Å². The summed E-state index contributed by atoms with van der Waals surface area (Å²) in [5, 5.41) is 0. The molecule has 2 aromatic carbocycles. The average molecular weight is 387 g/mol. The van der Waals surface area contributed by atoms with Gasteiger partial charge in [0.05, 0.1) is 23.9 Å². The zero-order valence-corrected chi connectivity index (χ0v) is 16.7. The maximum absolute atomic E-state index is 13.0. The number of hydrogen-bond acceptors (Lipinski definition) is 3. The largest absolute Gasteiger partial charge is 0.496 e. The van der Waals surface area contributed by atoms with Gasteiger partial charge in [0.15, 0.2) is 0 Å². The van der Waals surface area contributed by atoms with Crippen LogP contribution in [0, 0.1) is 17.8 Å². The van der Waals surface area contributed by atoms with Gasteiger partial charge in [-0.2, -0.15) is 0 Å². The highest BCUT2D eigenvalue weighted by Crippen LogP contribution is 2.62. The molecule has 0 N–H and O–H groups in total. The van der Waals surface area contributed by atoms with Crippen LogP contribution in [-0.4, -0.2) is 18.9 Å². The number of carbonyl (C=O) groups is 2. The Labute approximate surface area is 170 Å². The summed E-state index contributed by atoms with van der Waals surface area (Å²) in [5.74, 6) is 2.88. The average Bonchev–Trinajstić information content (AvgIpc) is 2.97. The molecule has 0 spiro atoms. The third kappa shape index (κ3) is 2.38. The Hall–Kier alpha value is -2.62. The van der Waals surface area contributed by atoms with Crippen LogP contribution in [0.15, 0.2) is 42.5 Å². The second kappa shape index (κ2) is 5.94. The fraction of sp³-hybridized carbons (Fsp3) is 0.440. The van der Waals surface area contributed by atoms with Crippen LogP contribution in [0.5, 0.6) is 5.75 Å². The van der Waals surface area contributed by atoms with Crippen molar-refractivity contribution in [3.8, 4) is 5.75 Å². The number of carbonyl (C=O) groups excluding carboxylic acids is 2. The lowest BCUT2D eigenvalue weighted by atomic mass is 9.48. The summed E-state index contributed by atoms with van der Waals surface area (Å²) in [5.41, 5.74) is 2.99. The number of anilines is 1. The molecule has 0 saturated heterocycles.